The predicted molar refractivity (Wildman–Crippen MR) is 72.1 cm³/mol. The lowest BCUT2D eigenvalue weighted by molar-refractivity contribution is 0.425. The molecule has 0 aliphatic carbocycles. The Morgan fingerprint density at radius 1 is 0.900 bits per heavy atom. The molecule has 2 N–H and O–H groups in total. The minimum Gasteiger partial charge on any atom is -0.423 e. The van der Waals surface area contributed by atoms with Crippen molar-refractivity contribution in [2.45, 2.75) is 10.6 Å². The lowest BCUT2D eigenvalue weighted by Gasteiger charge is -2.06. The molecule has 2 aromatic rings. The molecule has 0 bridgehead atoms. The number of thioether (sulfide) groups is 1. The van der Waals surface area contributed by atoms with Crippen LogP contribution in [0.2, 0.25) is 0 Å². The summed E-state index contributed by atoms with van der Waals surface area (Å²) in [6, 6.07) is 7.33. The Labute approximate surface area is 118 Å². The molecule has 0 aliphatic heterocycles. The van der Waals surface area contributed by atoms with Crippen LogP contribution in [0.3, 0.4) is 0 Å². The van der Waals surface area contributed by atoms with Crippen LogP contribution in [-0.4, -0.2) is 17.2 Å². The highest BCUT2D eigenvalue weighted by molar-refractivity contribution is 7.98. The van der Waals surface area contributed by atoms with Crippen molar-refractivity contribution >= 4 is 24.3 Å². The highest BCUT2D eigenvalue weighted by Gasteiger charge is 2.13. The van der Waals surface area contributed by atoms with E-state index in [1.165, 1.54) is 18.2 Å². The summed E-state index contributed by atoms with van der Waals surface area (Å²) in [5, 5.41) is 17.8. The largest absolute Gasteiger partial charge is 0.488 e. The van der Waals surface area contributed by atoms with Gasteiger partial charge >= 0.3 is 7.12 Å². The molecule has 0 fully saturated rings. The first kappa shape index (κ1) is 15.0. The molecular formula is C13H10BF3O2S. The van der Waals surface area contributed by atoms with E-state index in [-0.39, 0.29) is 11.2 Å². The maximum absolute atomic E-state index is 13.7. The Bertz CT molecular complexity index is 623. The highest BCUT2D eigenvalue weighted by atomic mass is 32.2. The molecule has 0 atom stereocenters. The third-order valence-corrected chi connectivity index (χ3v) is 3.70. The van der Waals surface area contributed by atoms with Gasteiger partial charge in [-0.2, -0.15) is 0 Å². The lowest BCUT2D eigenvalue weighted by Crippen LogP contribution is -2.30. The average molecular weight is 298 g/mol. The molecule has 0 unspecified atom stereocenters. The first-order valence-electron chi connectivity index (χ1n) is 5.69. The second kappa shape index (κ2) is 6.34. The molecule has 0 heterocycles. The van der Waals surface area contributed by atoms with Crippen molar-refractivity contribution < 1.29 is 23.2 Å². The van der Waals surface area contributed by atoms with Gasteiger partial charge in [-0.1, -0.05) is 12.1 Å². The third kappa shape index (κ3) is 3.56. The molecule has 2 rings (SSSR count). The van der Waals surface area contributed by atoms with E-state index >= 15 is 0 Å². The quantitative estimate of drug-likeness (QED) is 0.670. The summed E-state index contributed by atoms with van der Waals surface area (Å²) in [4.78, 5) is 0.481. The molecular weight excluding hydrogens is 288 g/mol. The van der Waals surface area contributed by atoms with Crippen LogP contribution >= 0.6 is 11.8 Å². The maximum atomic E-state index is 13.7. The molecule has 0 spiro atoms. The molecule has 0 amide bonds. The van der Waals surface area contributed by atoms with Crippen molar-refractivity contribution in [1.82, 2.24) is 0 Å². The molecule has 0 saturated carbocycles. The van der Waals surface area contributed by atoms with Gasteiger partial charge in [0.25, 0.3) is 0 Å². The average Bonchev–Trinajstić information content (AvgIpc) is 2.41. The van der Waals surface area contributed by atoms with Crippen molar-refractivity contribution in [3.05, 3.63) is 59.4 Å². The SMILES string of the molecule is OB(O)c1ccc(CSc2ccc(F)c(F)c2)c(F)c1. The summed E-state index contributed by atoms with van der Waals surface area (Å²) in [5.41, 5.74) is 0.396. The van der Waals surface area contributed by atoms with Gasteiger partial charge in [-0.15, -0.1) is 11.8 Å². The minimum atomic E-state index is -1.72. The Balaban J connectivity index is 2.09. The predicted octanol–water partition coefficient (Wildman–Crippen LogP) is 2.08. The van der Waals surface area contributed by atoms with Crippen LogP contribution in [0.5, 0.6) is 0 Å². The van der Waals surface area contributed by atoms with E-state index < -0.39 is 24.6 Å². The van der Waals surface area contributed by atoms with Crippen LogP contribution < -0.4 is 5.46 Å². The summed E-state index contributed by atoms with van der Waals surface area (Å²) in [6.07, 6.45) is 0. The summed E-state index contributed by atoms with van der Waals surface area (Å²) >= 11 is 1.15. The van der Waals surface area contributed by atoms with E-state index in [9.17, 15) is 13.2 Å². The van der Waals surface area contributed by atoms with Crippen LogP contribution in [-0.2, 0) is 5.75 Å². The zero-order chi connectivity index (χ0) is 14.7. The van der Waals surface area contributed by atoms with Crippen LogP contribution in [0.15, 0.2) is 41.3 Å². The van der Waals surface area contributed by atoms with Crippen LogP contribution in [0.4, 0.5) is 13.2 Å². The smallest absolute Gasteiger partial charge is 0.423 e. The van der Waals surface area contributed by atoms with Crippen molar-refractivity contribution in [3.8, 4) is 0 Å². The van der Waals surface area contributed by atoms with E-state index in [0.29, 0.717) is 10.5 Å². The van der Waals surface area contributed by atoms with Gasteiger partial charge in [-0.05, 0) is 35.3 Å². The molecule has 104 valence electrons. The Kier molecular flexibility index (Phi) is 4.75. The summed E-state index contributed by atoms with van der Waals surface area (Å²) in [6.45, 7) is 0. The Hall–Kier alpha value is -1.44. The van der Waals surface area contributed by atoms with Gasteiger partial charge in [-0.25, -0.2) is 13.2 Å². The fraction of sp³-hybridized carbons (Fsp3) is 0.0769. The summed E-state index contributed by atoms with van der Waals surface area (Å²) in [7, 11) is -1.72. The lowest BCUT2D eigenvalue weighted by atomic mass is 9.80. The van der Waals surface area contributed by atoms with Crippen molar-refractivity contribution in [3.63, 3.8) is 0 Å². The molecule has 2 aromatic carbocycles. The van der Waals surface area contributed by atoms with Crippen LogP contribution in [0, 0.1) is 17.5 Å². The topological polar surface area (TPSA) is 40.5 Å². The fourth-order valence-electron chi connectivity index (χ4n) is 1.57. The van der Waals surface area contributed by atoms with E-state index in [4.69, 9.17) is 10.0 Å². The Morgan fingerprint density at radius 2 is 1.65 bits per heavy atom. The number of halogens is 3. The second-order valence-electron chi connectivity index (χ2n) is 4.09. The monoisotopic (exact) mass is 298 g/mol. The highest BCUT2D eigenvalue weighted by Crippen LogP contribution is 2.25. The summed E-state index contributed by atoms with van der Waals surface area (Å²) < 4.78 is 39.4. The number of hydrogen-bond donors (Lipinski definition) is 2. The van der Waals surface area contributed by atoms with Gasteiger partial charge in [-0.3, -0.25) is 0 Å². The van der Waals surface area contributed by atoms with Gasteiger partial charge in [0.2, 0.25) is 0 Å². The fourth-order valence-corrected chi connectivity index (χ4v) is 2.48. The van der Waals surface area contributed by atoms with Crippen molar-refractivity contribution in [1.29, 1.82) is 0 Å². The van der Waals surface area contributed by atoms with Crippen LogP contribution in [0.1, 0.15) is 5.56 Å². The Morgan fingerprint density at radius 3 is 2.25 bits per heavy atom. The minimum absolute atomic E-state index is 0.0593. The first-order chi connectivity index (χ1) is 9.47. The zero-order valence-corrected chi connectivity index (χ0v) is 11.0. The van der Waals surface area contributed by atoms with Gasteiger partial charge in [0.1, 0.15) is 5.82 Å². The van der Waals surface area contributed by atoms with E-state index in [2.05, 4.69) is 0 Å². The zero-order valence-electron chi connectivity index (χ0n) is 10.2. The van der Waals surface area contributed by atoms with E-state index in [1.807, 2.05) is 0 Å². The molecule has 0 aromatic heterocycles. The summed E-state index contributed by atoms with van der Waals surface area (Å²) in [5.74, 6) is -2.24. The molecule has 0 radical (unpaired) electrons. The molecule has 0 saturated heterocycles. The molecule has 20 heavy (non-hydrogen) atoms. The molecule has 2 nitrogen and oxygen atoms in total. The van der Waals surface area contributed by atoms with E-state index in [1.54, 1.807) is 0 Å². The number of benzene rings is 2. The van der Waals surface area contributed by atoms with Gasteiger partial charge in [0, 0.05) is 10.6 Å². The molecule has 7 heteroatoms. The van der Waals surface area contributed by atoms with Gasteiger partial charge in [0.15, 0.2) is 11.6 Å². The van der Waals surface area contributed by atoms with E-state index in [0.717, 1.165) is 30.0 Å². The molecule has 0 aliphatic rings. The second-order valence-corrected chi connectivity index (χ2v) is 5.14. The standard InChI is InChI=1S/C13H10BF3O2S/c15-11-4-3-10(6-13(11)17)20-7-8-1-2-9(14(18)19)5-12(8)16/h1-6,18-19H,7H2. The maximum Gasteiger partial charge on any atom is 0.488 e. The van der Waals surface area contributed by atoms with Crippen molar-refractivity contribution in [2.75, 3.05) is 0 Å². The number of rotatable bonds is 4. The number of hydrogen-bond acceptors (Lipinski definition) is 3. The van der Waals surface area contributed by atoms with Gasteiger partial charge in [0.05, 0.1) is 0 Å². The first-order valence-corrected chi connectivity index (χ1v) is 6.68. The van der Waals surface area contributed by atoms with Crippen molar-refractivity contribution in [2.24, 2.45) is 0 Å². The normalized spacial score (nSPS) is 10.7. The van der Waals surface area contributed by atoms with Crippen LogP contribution in [0.25, 0.3) is 0 Å². The third-order valence-electron chi connectivity index (χ3n) is 2.66. The van der Waals surface area contributed by atoms with Gasteiger partial charge < -0.3 is 10.0 Å².